The largest absolute Gasteiger partial charge is 0.359 e. The van der Waals surface area contributed by atoms with Crippen LogP contribution in [0.25, 0.3) is 0 Å². The van der Waals surface area contributed by atoms with Crippen LogP contribution in [0.15, 0.2) is 24.4 Å². The third kappa shape index (κ3) is 3.51. The Labute approximate surface area is 92.3 Å². The van der Waals surface area contributed by atoms with Crippen molar-refractivity contribution in [1.82, 2.24) is 4.98 Å². The van der Waals surface area contributed by atoms with Crippen LogP contribution in [0.4, 0.5) is 5.82 Å². The van der Waals surface area contributed by atoms with E-state index in [2.05, 4.69) is 30.8 Å². The zero-order valence-corrected chi connectivity index (χ0v) is 9.85. The Morgan fingerprint density at radius 2 is 2.13 bits per heavy atom. The van der Waals surface area contributed by atoms with Crippen LogP contribution in [0.3, 0.4) is 0 Å². The summed E-state index contributed by atoms with van der Waals surface area (Å²) < 4.78 is 0. The summed E-state index contributed by atoms with van der Waals surface area (Å²) in [4.78, 5) is 6.47. The highest BCUT2D eigenvalue weighted by atomic mass is 15.2. The second kappa shape index (κ2) is 5.71. The Balaban J connectivity index is 2.58. The molecule has 3 nitrogen and oxygen atoms in total. The Bertz CT molecular complexity index is 271. The molecule has 1 aromatic heterocycles. The summed E-state index contributed by atoms with van der Waals surface area (Å²) in [6, 6.07) is 5.96. The second-order valence-corrected chi connectivity index (χ2v) is 4.31. The van der Waals surface area contributed by atoms with Crippen molar-refractivity contribution in [3.8, 4) is 0 Å². The van der Waals surface area contributed by atoms with Gasteiger partial charge in [0.25, 0.3) is 0 Å². The smallest absolute Gasteiger partial charge is 0.128 e. The van der Waals surface area contributed by atoms with Gasteiger partial charge < -0.3 is 10.6 Å². The van der Waals surface area contributed by atoms with Crippen LogP contribution in [0.1, 0.15) is 13.8 Å². The summed E-state index contributed by atoms with van der Waals surface area (Å²) in [6.07, 6.45) is 1.82. The lowest BCUT2D eigenvalue weighted by Crippen LogP contribution is -2.33. The van der Waals surface area contributed by atoms with Gasteiger partial charge in [0.2, 0.25) is 0 Å². The molecule has 1 aromatic rings. The Morgan fingerprint density at radius 3 is 2.60 bits per heavy atom. The number of rotatable bonds is 5. The lowest BCUT2D eigenvalue weighted by molar-refractivity contribution is 0.397. The van der Waals surface area contributed by atoms with Gasteiger partial charge in [-0.15, -0.1) is 0 Å². The molecule has 0 fully saturated rings. The van der Waals surface area contributed by atoms with Crippen LogP contribution < -0.4 is 10.6 Å². The highest BCUT2D eigenvalue weighted by molar-refractivity contribution is 5.36. The molecule has 3 heteroatoms. The van der Waals surface area contributed by atoms with Gasteiger partial charge in [0, 0.05) is 19.8 Å². The minimum atomic E-state index is 0.525. The number of hydrogen-bond donors (Lipinski definition) is 1. The van der Waals surface area contributed by atoms with E-state index in [0.717, 1.165) is 18.9 Å². The summed E-state index contributed by atoms with van der Waals surface area (Å²) in [7, 11) is 2.06. The number of anilines is 1. The van der Waals surface area contributed by atoms with Crippen molar-refractivity contribution in [3.63, 3.8) is 0 Å². The molecule has 0 bridgehead atoms. The molecule has 2 N–H and O–H groups in total. The predicted octanol–water partition coefficient (Wildman–Crippen LogP) is 1.75. The molecular weight excluding hydrogens is 186 g/mol. The van der Waals surface area contributed by atoms with Gasteiger partial charge in [0.1, 0.15) is 5.82 Å². The monoisotopic (exact) mass is 207 g/mol. The highest BCUT2D eigenvalue weighted by Crippen LogP contribution is 2.14. The van der Waals surface area contributed by atoms with Crippen molar-refractivity contribution >= 4 is 5.82 Å². The van der Waals surface area contributed by atoms with E-state index < -0.39 is 0 Å². The summed E-state index contributed by atoms with van der Waals surface area (Å²) in [5.74, 6) is 2.15. The summed E-state index contributed by atoms with van der Waals surface area (Å²) in [5.41, 5.74) is 5.75. The molecule has 0 saturated carbocycles. The Kier molecular flexibility index (Phi) is 4.56. The first-order valence-electron chi connectivity index (χ1n) is 5.47. The third-order valence-corrected chi connectivity index (χ3v) is 2.79. The zero-order valence-electron chi connectivity index (χ0n) is 9.85. The third-order valence-electron chi connectivity index (χ3n) is 2.79. The van der Waals surface area contributed by atoms with Crippen molar-refractivity contribution in [3.05, 3.63) is 24.4 Å². The molecule has 0 amide bonds. The molecule has 0 spiro atoms. The van der Waals surface area contributed by atoms with Crippen molar-refractivity contribution in [2.45, 2.75) is 13.8 Å². The average Bonchev–Trinajstić information content (AvgIpc) is 2.26. The van der Waals surface area contributed by atoms with Crippen LogP contribution in [0, 0.1) is 11.8 Å². The topological polar surface area (TPSA) is 42.1 Å². The van der Waals surface area contributed by atoms with Crippen LogP contribution in [0.5, 0.6) is 0 Å². The zero-order chi connectivity index (χ0) is 11.3. The van der Waals surface area contributed by atoms with Crippen molar-refractivity contribution < 1.29 is 0 Å². The van der Waals surface area contributed by atoms with Gasteiger partial charge in [-0.3, -0.25) is 0 Å². The standard InChI is InChI=1S/C12H21N3/c1-10(2)11(8-13)9-15(3)12-6-4-5-7-14-12/h4-7,10-11H,8-9,13H2,1-3H3. The summed E-state index contributed by atoms with van der Waals surface area (Å²) in [5, 5.41) is 0. The van der Waals surface area contributed by atoms with Gasteiger partial charge in [-0.25, -0.2) is 4.98 Å². The molecule has 15 heavy (non-hydrogen) atoms. The first kappa shape index (κ1) is 12.0. The minimum absolute atomic E-state index is 0.525. The molecule has 1 heterocycles. The Hall–Kier alpha value is -1.09. The van der Waals surface area contributed by atoms with Gasteiger partial charge in [-0.05, 0) is 30.5 Å². The van der Waals surface area contributed by atoms with Gasteiger partial charge in [0.15, 0.2) is 0 Å². The number of nitrogens with zero attached hydrogens (tertiary/aromatic N) is 2. The molecule has 0 radical (unpaired) electrons. The fourth-order valence-corrected chi connectivity index (χ4v) is 1.58. The number of nitrogens with two attached hydrogens (primary N) is 1. The van der Waals surface area contributed by atoms with Crippen LogP contribution >= 0.6 is 0 Å². The first-order chi connectivity index (χ1) is 7.15. The maximum atomic E-state index is 5.75. The first-order valence-corrected chi connectivity index (χ1v) is 5.47. The number of aromatic nitrogens is 1. The van der Waals surface area contributed by atoms with Gasteiger partial charge >= 0.3 is 0 Å². The lowest BCUT2D eigenvalue weighted by Gasteiger charge is -2.26. The molecule has 0 aromatic carbocycles. The molecule has 84 valence electrons. The van der Waals surface area contributed by atoms with Crippen LogP contribution in [-0.4, -0.2) is 25.1 Å². The van der Waals surface area contributed by atoms with E-state index in [0.29, 0.717) is 11.8 Å². The van der Waals surface area contributed by atoms with Crippen molar-refractivity contribution in [2.75, 3.05) is 25.0 Å². The fraction of sp³-hybridized carbons (Fsp3) is 0.583. The quantitative estimate of drug-likeness (QED) is 0.800. The molecule has 0 aliphatic heterocycles. The van der Waals surface area contributed by atoms with Crippen LogP contribution in [-0.2, 0) is 0 Å². The van der Waals surface area contributed by atoms with E-state index in [4.69, 9.17) is 5.73 Å². The normalized spacial score (nSPS) is 12.9. The van der Waals surface area contributed by atoms with Crippen LogP contribution in [0.2, 0.25) is 0 Å². The van der Waals surface area contributed by atoms with Gasteiger partial charge in [-0.2, -0.15) is 0 Å². The van der Waals surface area contributed by atoms with Crippen molar-refractivity contribution in [1.29, 1.82) is 0 Å². The SMILES string of the molecule is CC(C)C(CN)CN(C)c1ccccn1. The molecule has 0 saturated heterocycles. The molecule has 1 unspecified atom stereocenters. The van der Waals surface area contributed by atoms with E-state index in [1.807, 2.05) is 24.4 Å². The van der Waals surface area contributed by atoms with E-state index in [1.165, 1.54) is 0 Å². The average molecular weight is 207 g/mol. The summed E-state index contributed by atoms with van der Waals surface area (Å²) >= 11 is 0. The maximum Gasteiger partial charge on any atom is 0.128 e. The predicted molar refractivity (Wildman–Crippen MR) is 64.9 cm³/mol. The molecule has 0 aliphatic carbocycles. The maximum absolute atomic E-state index is 5.75. The van der Waals surface area contributed by atoms with E-state index in [9.17, 15) is 0 Å². The molecular formula is C12H21N3. The Morgan fingerprint density at radius 1 is 1.40 bits per heavy atom. The van der Waals surface area contributed by atoms with E-state index in [-0.39, 0.29) is 0 Å². The van der Waals surface area contributed by atoms with Gasteiger partial charge in [0.05, 0.1) is 0 Å². The molecule has 1 rings (SSSR count). The minimum Gasteiger partial charge on any atom is -0.359 e. The number of hydrogen-bond acceptors (Lipinski definition) is 3. The summed E-state index contributed by atoms with van der Waals surface area (Å²) in [6.45, 7) is 6.12. The lowest BCUT2D eigenvalue weighted by atomic mass is 9.95. The fourth-order valence-electron chi connectivity index (χ4n) is 1.58. The van der Waals surface area contributed by atoms with Crippen molar-refractivity contribution in [2.24, 2.45) is 17.6 Å². The molecule has 0 aliphatic rings. The number of pyridine rings is 1. The van der Waals surface area contributed by atoms with E-state index >= 15 is 0 Å². The molecule has 1 atom stereocenters. The van der Waals surface area contributed by atoms with Gasteiger partial charge in [-0.1, -0.05) is 19.9 Å². The highest BCUT2D eigenvalue weighted by Gasteiger charge is 2.14. The van der Waals surface area contributed by atoms with E-state index in [1.54, 1.807) is 0 Å². The second-order valence-electron chi connectivity index (χ2n) is 4.31.